The maximum atomic E-state index is 12.4. The lowest BCUT2D eigenvalue weighted by Crippen LogP contribution is -2.42. The number of fused-ring (bicyclic) bond motifs is 1. The predicted molar refractivity (Wildman–Crippen MR) is 116 cm³/mol. The molecule has 1 fully saturated rings. The Balaban J connectivity index is 1.27. The Morgan fingerprint density at radius 2 is 2.14 bits per heavy atom. The first-order valence-electron chi connectivity index (χ1n) is 9.76. The van der Waals surface area contributed by atoms with Gasteiger partial charge in [0.2, 0.25) is 5.91 Å². The van der Waals surface area contributed by atoms with Crippen molar-refractivity contribution in [2.45, 2.75) is 25.2 Å². The van der Waals surface area contributed by atoms with Crippen molar-refractivity contribution >= 4 is 39.1 Å². The average Bonchev–Trinajstić information content (AvgIpc) is 3.13. The second kappa shape index (κ2) is 9.03. The third kappa shape index (κ3) is 4.90. The fraction of sp³-hybridized carbons (Fsp3) is 0.364. The molecule has 1 saturated heterocycles. The van der Waals surface area contributed by atoms with E-state index >= 15 is 0 Å². The zero-order valence-corrected chi connectivity index (χ0v) is 17.3. The number of nitrogens with zero attached hydrogens (tertiary/aromatic N) is 2. The standard InChI is InChI=1S/C22H24ClN3OS/c23-18-7-3-5-16(13-18)10-11-24-21(27)15-26-12-4-6-17(14-26)22-25-19-8-1-2-9-20(19)28-22/h1-3,5,7-9,13,17H,4,6,10-12,14-15H2,(H,24,27)/t17-/m0/s1. The molecule has 1 aliphatic rings. The van der Waals surface area contributed by atoms with Crippen LogP contribution in [-0.2, 0) is 11.2 Å². The molecule has 1 N–H and O–H groups in total. The molecule has 3 aromatic rings. The predicted octanol–water partition coefficient (Wildman–Crippen LogP) is 4.49. The first-order chi connectivity index (χ1) is 13.7. The topological polar surface area (TPSA) is 45.2 Å². The molecule has 0 unspecified atom stereocenters. The SMILES string of the molecule is O=C(CN1CCC[C@H](c2nc3ccccc3s2)C1)NCCc1cccc(Cl)c1. The minimum atomic E-state index is 0.0898. The molecule has 0 spiro atoms. The van der Waals surface area contributed by atoms with Crippen LogP contribution in [0.2, 0.25) is 5.02 Å². The number of carbonyl (C=O) groups excluding carboxylic acids is 1. The molecule has 0 aliphatic carbocycles. The van der Waals surface area contributed by atoms with E-state index in [4.69, 9.17) is 16.6 Å². The number of para-hydroxylation sites is 1. The number of rotatable bonds is 6. The summed E-state index contributed by atoms with van der Waals surface area (Å²) in [7, 11) is 0. The zero-order chi connectivity index (χ0) is 19.3. The molecule has 28 heavy (non-hydrogen) atoms. The molecule has 0 radical (unpaired) electrons. The maximum absolute atomic E-state index is 12.4. The summed E-state index contributed by atoms with van der Waals surface area (Å²) in [5.74, 6) is 0.511. The van der Waals surface area contributed by atoms with Crippen LogP contribution in [0.5, 0.6) is 0 Å². The van der Waals surface area contributed by atoms with Crippen molar-refractivity contribution in [1.82, 2.24) is 15.2 Å². The Kier molecular flexibility index (Phi) is 6.25. The van der Waals surface area contributed by atoms with Gasteiger partial charge in [0.25, 0.3) is 0 Å². The van der Waals surface area contributed by atoms with Crippen LogP contribution in [0.3, 0.4) is 0 Å². The van der Waals surface area contributed by atoms with Gasteiger partial charge in [-0.05, 0) is 55.6 Å². The summed E-state index contributed by atoms with van der Waals surface area (Å²) < 4.78 is 1.24. The second-order valence-electron chi connectivity index (χ2n) is 7.32. The van der Waals surface area contributed by atoms with Gasteiger partial charge in [-0.2, -0.15) is 0 Å². The molecule has 146 valence electrons. The fourth-order valence-corrected chi connectivity index (χ4v) is 5.07. The minimum Gasteiger partial charge on any atom is -0.355 e. The van der Waals surface area contributed by atoms with E-state index in [-0.39, 0.29) is 5.91 Å². The largest absolute Gasteiger partial charge is 0.355 e. The molecule has 0 bridgehead atoms. The smallest absolute Gasteiger partial charge is 0.234 e. The van der Waals surface area contributed by atoms with Gasteiger partial charge in [-0.15, -0.1) is 11.3 Å². The summed E-state index contributed by atoms with van der Waals surface area (Å²) in [4.78, 5) is 19.4. The first-order valence-corrected chi connectivity index (χ1v) is 11.0. The molecule has 1 aromatic heterocycles. The van der Waals surface area contributed by atoms with E-state index < -0.39 is 0 Å². The van der Waals surface area contributed by atoms with Crippen molar-refractivity contribution in [2.75, 3.05) is 26.2 Å². The van der Waals surface area contributed by atoms with Crippen LogP contribution in [0.4, 0.5) is 0 Å². The van der Waals surface area contributed by atoms with Crippen molar-refractivity contribution in [2.24, 2.45) is 0 Å². The van der Waals surface area contributed by atoms with Gasteiger partial charge >= 0.3 is 0 Å². The maximum Gasteiger partial charge on any atom is 0.234 e. The van der Waals surface area contributed by atoms with Gasteiger partial charge in [0.05, 0.1) is 21.8 Å². The summed E-state index contributed by atoms with van der Waals surface area (Å²) in [5, 5.41) is 4.97. The average molecular weight is 414 g/mol. The van der Waals surface area contributed by atoms with Gasteiger partial charge in [-0.3, -0.25) is 9.69 Å². The third-order valence-corrected chi connectivity index (χ3v) is 6.59. The quantitative estimate of drug-likeness (QED) is 0.647. The lowest BCUT2D eigenvalue weighted by atomic mass is 9.99. The summed E-state index contributed by atoms with van der Waals surface area (Å²) in [5.41, 5.74) is 2.22. The van der Waals surface area contributed by atoms with Crippen molar-refractivity contribution in [3.63, 3.8) is 0 Å². The number of thiazole rings is 1. The fourth-order valence-electron chi connectivity index (χ4n) is 3.76. The number of hydrogen-bond donors (Lipinski definition) is 1. The normalized spacial score (nSPS) is 17.7. The second-order valence-corrected chi connectivity index (χ2v) is 8.82. The Hall–Kier alpha value is -1.95. The van der Waals surface area contributed by atoms with Gasteiger partial charge in [0.15, 0.2) is 0 Å². The Labute approximate surface area is 174 Å². The van der Waals surface area contributed by atoms with Gasteiger partial charge in [0, 0.05) is 24.0 Å². The molecule has 1 amide bonds. The number of amides is 1. The molecule has 1 aliphatic heterocycles. The molecule has 4 nitrogen and oxygen atoms in total. The van der Waals surface area contributed by atoms with Crippen LogP contribution in [0.15, 0.2) is 48.5 Å². The van der Waals surface area contributed by atoms with E-state index in [2.05, 4.69) is 28.4 Å². The Morgan fingerprint density at radius 3 is 3.00 bits per heavy atom. The highest BCUT2D eigenvalue weighted by Crippen LogP contribution is 2.32. The number of hydrogen-bond acceptors (Lipinski definition) is 4. The van der Waals surface area contributed by atoms with Crippen LogP contribution in [-0.4, -0.2) is 42.0 Å². The molecule has 2 aromatic carbocycles. The van der Waals surface area contributed by atoms with Crippen molar-refractivity contribution in [1.29, 1.82) is 0 Å². The van der Waals surface area contributed by atoms with E-state index in [0.717, 1.165) is 48.5 Å². The number of nitrogens with one attached hydrogen (secondary N) is 1. The van der Waals surface area contributed by atoms with Crippen LogP contribution >= 0.6 is 22.9 Å². The minimum absolute atomic E-state index is 0.0898. The summed E-state index contributed by atoms with van der Waals surface area (Å²) in [6.45, 7) is 2.97. The van der Waals surface area contributed by atoms with Crippen LogP contribution in [0.25, 0.3) is 10.2 Å². The highest BCUT2D eigenvalue weighted by molar-refractivity contribution is 7.18. The van der Waals surface area contributed by atoms with Crippen LogP contribution in [0, 0.1) is 0 Å². The molecular formula is C22H24ClN3OS. The number of aromatic nitrogens is 1. The highest BCUT2D eigenvalue weighted by Gasteiger charge is 2.25. The van der Waals surface area contributed by atoms with Gasteiger partial charge < -0.3 is 5.32 Å². The van der Waals surface area contributed by atoms with E-state index in [0.29, 0.717) is 19.0 Å². The number of piperidine rings is 1. The van der Waals surface area contributed by atoms with E-state index in [1.807, 2.05) is 30.3 Å². The molecule has 6 heteroatoms. The summed E-state index contributed by atoms with van der Waals surface area (Å²) in [6.07, 6.45) is 3.05. The molecular weight excluding hydrogens is 390 g/mol. The summed E-state index contributed by atoms with van der Waals surface area (Å²) in [6, 6.07) is 16.1. The Bertz CT molecular complexity index is 925. The lowest BCUT2D eigenvalue weighted by Gasteiger charge is -2.31. The molecule has 0 saturated carbocycles. The van der Waals surface area contributed by atoms with E-state index in [1.165, 1.54) is 9.71 Å². The lowest BCUT2D eigenvalue weighted by molar-refractivity contribution is -0.122. The summed E-state index contributed by atoms with van der Waals surface area (Å²) >= 11 is 7.80. The van der Waals surface area contributed by atoms with Gasteiger partial charge in [0.1, 0.15) is 0 Å². The van der Waals surface area contributed by atoms with Gasteiger partial charge in [-0.25, -0.2) is 4.98 Å². The first kappa shape index (κ1) is 19.4. The van der Waals surface area contributed by atoms with Crippen LogP contribution < -0.4 is 5.32 Å². The van der Waals surface area contributed by atoms with E-state index in [1.54, 1.807) is 11.3 Å². The number of halogens is 1. The van der Waals surface area contributed by atoms with Gasteiger partial charge in [-0.1, -0.05) is 35.9 Å². The monoisotopic (exact) mass is 413 g/mol. The molecule has 4 rings (SSSR count). The van der Waals surface area contributed by atoms with E-state index in [9.17, 15) is 4.79 Å². The zero-order valence-electron chi connectivity index (χ0n) is 15.7. The Morgan fingerprint density at radius 1 is 1.25 bits per heavy atom. The van der Waals surface area contributed by atoms with Crippen molar-refractivity contribution < 1.29 is 4.79 Å². The van der Waals surface area contributed by atoms with Crippen molar-refractivity contribution in [3.8, 4) is 0 Å². The van der Waals surface area contributed by atoms with Crippen molar-refractivity contribution in [3.05, 3.63) is 64.1 Å². The highest BCUT2D eigenvalue weighted by atomic mass is 35.5. The molecule has 2 heterocycles. The number of likely N-dealkylation sites (tertiary alicyclic amines) is 1. The number of benzene rings is 2. The number of carbonyl (C=O) groups is 1. The van der Waals surface area contributed by atoms with Crippen LogP contribution in [0.1, 0.15) is 29.3 Å². The third-order valence-electron chi connectivity index (χ3n) is 5.16. The molecule has 1 atom stereocenters.